The van der Waals surface area contributed by atoms with E-state index in [-0.39, 0.29) is 18.5 Å². The average Bonchev–Trinajstić information content (AvgIpc) is 3.51. The SMILES string of the molecule is O=C(Nc1n[nH]c(C(=O)N2CC(F)(F)C[C@@H]2C(=O)O)n1)OCC1c2ccccc2-c2ccccc21. The first-order chi connectivity index (χ1) is 16.7. The van der Waals surface area contributed by atoms with Crippen LogP contribution in [0.2, 0.25) is 0 Å². The zero-order valence-corrected chi connectivity index (χ0v) is 18.1. The molecule has 2 amide bonds. The highest BCUT2D eigenvalue weighted by molar-refractivity contribution is 5.94. The minimum atomic E-state index is -3.33. The normalized spacial score (nSPS) is 18.1. The molecule has 0 unspecified atom stereocenters. The number of halogens is 2. The first kappa shape index (κ1) is 22.4. The molecule has 0 spiro atoms. The average molecular weight is 483 g/mol. The number of amides is 2. The second kappa shape index (κ2) is 8.46. The van der Waals surface area contributed by atoms with Crippen molar-refractivity contribution >= 4 is 23.9 Å². The minimum Gasteiger partial charge on any atom is -0.480 e. The molecular weight excluding hydrogens is 464 g/mol. The van der Waals surface area contributed by atoms with Crippen molar-refractivity contribution < 1.29 is 33.0 Å². The number of ether oxygens (including phenoxy) is 1. The molecule has 1 aliphatic carbocycles. The van der Waals surface area contributed by atoms with Crippen molar-refractivity contribution in [2.45, 2.75) is 24.3 Å². The van der Waals surface area contributed by atoms with Crippen molar-refractivity contribution in [3.63, 3.8) is 0 Å². The Balaban J connectivity index is 1.23. The van der Waals surface area contributed by atoms with Crippen molar-refractivity contribution in [3.8, 4) is 11.1 Å². The molecule has 0 bridgehead atoms. The Morgan fingerprint density at radius 2 is 1.74 bits per heavy atom. The number of carbonyl (C=O) groups is 3. The standard InChI is InChI=1S/C23H19F2N5O5/c24-23(25)9-17(20(32)33)30(11-23)19(31)18-26-21(29-28-18)27-22(34)35-10-16-14-7-3-1-5-12(14)13-6-2-4-8-15(13)16/h1-8,16-17H,9-11H2,(H,32,33)(H2,26,27,28,29,34)/t17-/m1/s1. The quantitative estimate of drug-likeness (QED) is 0.507. The van der Waals surface area contributed by atoms with Crippen LogP contribution in [0.4, 0.5) is 19.5 Å². The minimum absolute atomic E-state index is 0.0409. The van der Waals surface area contributed by atoms with E-state index >= 15 is 0 Å². The Morgan fingerprint density at radius 1 is 1.11 bits per heavy atom. The monoisotopic (exact) mass is 483 g/mol. The molecule has 3 N–H and O–H groups in total. The van der Waals surface area contributed by atoms with Crippen LogP contribution < -0.4 is 5.32 Å². The fraction of sp³-hybridized carbons (Fsp3) is 0.261. The summed E-state index contributed by atoms with van der Waals surface area (Å²) in [6, 6.07) is 14.0. The number of carboxylic acid groups (broad SMARTS) is 1. The van der Waals surface area contributed by atoms with Gasteiger partial charge in [0.05, 0.1) is 6.54 Å². The maximum atomic E-state index is 13.7. The van der Waals surface area contributed by atoms with Crippen LogP contribution in [-0.4, -0.2) is 68.3 Å². The number of aromatic amines is 1. The number of H-pyrrole nitrogens is 1. The number of carbonyl (C=O) groups excluding carboxylic acids is 2. The van der Waals surface area contributed by atoms with E-state index in [2.05, 4.69) is 20.5 Å². The molecule has 0 radical (unpaired) electrons. The van der Waals surface area contributed by atoms with Crippen LogP contribution in [0.3, 0.4) is 0 Å². The van der Waals surface area contributed by atoms with E-state index in [0.717, 1.165) is 22.3 Å². The van der Waals surface area contributed by atoms with E-state index in [9.17, 15) is 23.2 Å². The lowest BCUT2D eigenvalue weighted by Crippen LogP contribution is -2.41. The lowest BCUT2D eigenvalue weighted by Gasteiger charge is -2.18. The zero-order chi connectivity index (χ0) is 24.7. The molecule has 1 saturated heterocycles. The van der Waals surface area contributed by atoms with Crippen LogP contribution in [0.25, 0.3) is 11.1 Å². The number of alkyl halides is 2. The van der Waals surface area contributed by atoms with Crippen molar-refractivity contribution in [1.82, 2.24) is 20.1 Å². The molecule has 1 atom stereocenters. The molecule has 0 saturated carbocycles. The molecule has 1 aliphatic heterocycles. The predicted octanol–water partition coefficient (Wildman–Crippen LogP) is 3.10. The lowest BCUT2D eigenvalue weighted by atomic mass is 9.98. The fourth-order valence-electron chi connectivity index (χ4n) is 4.53. The topological polar surface area (TPSA) is 138 Å². The number of benzene rings is 2. The van der Waals surface area contributed by atoms with Crippen LogP contribution in [0.15, 0.2) is 48.5 Å². The number of nitrogens with one attached hydrogen (secondary N) is 2. The molecule has 2 aromatic carbocycles. The van der Waals surface area contributed by atoms with Crippen molar-refractivity contribution in [3.05, 3.63) is 65.5 Å². The van der Waals surface area contributed by atoms with Crippen molar-refractivity contribution in [1.29, 1.82) is 0 Å². The van der Waals surface area contributed by atoms with E-state index in [1.54, 1.807) is 0 Å². The Hall–Kier alpha value is -4.35. The molecule has 10 nitrogen and oxygen atoms in total. The first-order valence-electron chi connectivity index (χ1n) is 10.7. The highest BCUT2D eigenvalue weighted by atomic mass is 19.3. The van der Waals surface area contributed by atoms with Gasteiger partial charge in [-0.1, -0.05) is 48.5 Å². The zero-order valence-electron chi connectivity index (χ0n) is 18.1. The van der Waals surface area contributed by atoms with Gasteiger partial charge >= 0.3 is 12.1 Å². The van der Waals surface area contributed by atoms with E-state index in [0.29, 0.717) is 4.90 Å². The summed E-state index contributed by atoms with van der Waals surface area (Å²) in [5.41, 5.74) is 4.20. The molecule has 1 fully saturated rings. The Labute approximate surface area is 196 Å². The molecule has 5 rings (SSSR count). The molecule has 3 aromatic rings. The molecule has 12 heteroatoms. The number of likely N-dealkylation sites (tertiary alicyclic amines) is 1. The van der Waals surface area contributed by atoms with Crippen molar-refractivity contribution in [2.24, 2.45) is 0 Å². The first-order valence-corrected chi connectivity index (χ1v) is 10.7. The summed E-state index contributed by atoms with van der Waals surface area (Å²) in [5.74, 6) is -6.91. The number of carboxylic acids is 1. The van der Waals surface area contributed by atoms with Crippen LogP contribution in [0, 0.1) is 0 Å². The van der Waals surface area contributed by atoms with E-state index < -0.39 is 48.7 Å². The van der Waals surface area contributed by atoms with Crippen LogP contribution in [-0.2, 0) is 9.53 Å². The van der Waals surface area contributed by atoms with Crippen LogP contribution in [0.1, 0.15) is 34.1 Å². The summed E-state index contributed by atoms with van der Waals surface area (Å²) in [6.45, 7) is -1.02. The Morgan fingerprint density at radius 3 is 2.37 bits per heavy atom. The summed E-state index contributed by atoms with van der Waals surface area (Å²) in [7, 11) is 0. The third-order valence-corrected chi connectivity index (χ3v) is 6.06. The second-order valence-electron chi connectivity index (χ2n) is 8.31. The number of anilines is 1. The highest BCUT2D eigenvalue weighted by Gasteiger charge is 2.50. The summed E-state index contributed by atoms with van der Waals surface area (Å²) in [4.78, 5) is 40.5. The third kappa shape index (κ3) is 4.18. The maximum absolute atomic E-state index is 13.7. The maximum Gasteiger partial charge on any atom is 0.414 e. The van der Waals surface area contributed by atoms with Gasteiger partial charge in [-0.25, -0.2) is 18.4 Å². The largest absolute Gasteiger partial charge is 0.480 e. The van der Waals surface area contributed by atoms with Gasteiger partial charge in [-0.3, -0.25) is 15.2 Å². The third-order valence-electron chi connectivity index (χ3n) is 6.06. The summed E-state index contributed by atoms with van der Waals surface area (Å²) >= 11 is 0. The number of nitrogens with zero attached hydrogens (tertiary/aromatic N) is 3. The van der Waals surface area contributed by atoms with E-state index in [1.807, 2.05) is 48.5 Å². The van der Waals surface area contributed by atoms with Crippen molar-refractivity contribution in [2.75, 3.05) is 18.5 Å². The van der Waals surface area contributed by atoms with Crippen LogP contribution in [0.5, 0.6) is 0 Å². The fourth-order valence-corrected chi connectivity index (χ4v) is 4.53. The van der Waals surface area contributed by atoms with Gasteiger partial charge in [-0.2, -0.15) is 4.98 Å². The van der Waals surface area contributed by atoms with Gasteiger partial charge in [0.25, 0.3) is 17.8 Å². The number of aliphatic carboxylic acids is 1. The Kier molecular flexibility index (Phi) is 5.42. The highest BCUT2D eigenvalue weighted by Crippen LogP contribution is 2.44. The van der Waals surface area contributed by atoms with Gasteiger partial charge < -0.3 is 14.7 Å². The predicted molar refractivity (Wildman–Crippen MR) is 117 cm³/mol. The molecule has 180 valence electrons. The van der Waals surface area contributed by atoms with Crippen LogP contribution >= 0.6 is 0 Å². The summed E-state index contributed by atoms with van der Waals surface area (Å²) < 4.78 is 32.7. The van der Waals surface area contributed by atoms with E-state index in [4.69, 9.17) is 9.84 Å². The van der Waals surface area contributed by atoms with Gasteiger partial charge in [-0.15, -0.1) is 5.10 Å². The molecule has 35 heavy (non-hydrogen) atoms. The van der Waals surface area contributed by atoms with Gasteiger partial charge in [-0.05, 0) is 22.3 Å². The van der Waals surface area contributed by atoms with Gasteiger partial charge in [0.15, 0.2) is 0 Å². The molecule has 2 aliphatic rings. The second-order valence-corrected chi connectivity index (χ2v) is 8.31. The Bertz CT molecular complexity index is 1280. The lowest BCUT2D eigenvalue weighted by molar-refractivity contribution is -0.141. The number of hydrogen-bond acceptors (Lipinski definition) is 6. The number of hydrogen-bond donors (Lipinski definition) is 3. The summed E-state index contributed by atoms with van der Waals surface area (Å²) in [6.07, 6.45) is -1.87. The number of aromatic nitrogens is 3. The van der Waals surface area contributed by atoms with Gasteiger partial charge in [0.2, 0.25) is 5.82 Å². The van der Waals surface area contributed by atoms with Gasteiger partial charge in [0, 0.05) is 12.3 Å². The number of rotatable bonds is 5. The molecule has 2 heterocycles. The smallest absolute Gasteiger partial charge is 0.414 e. The molecular formula is C23H19F2N5O5. The van der Waals surface area contributed by atoms with E-state index in [1.165, 1.54) is 0 Å². The number of fused-ring (bicyclic) bond motifs is 3. The molecule has 1 aromatic heterocycles. The summed E-state index contributed by atoms with van der Waals surface area (Å²) in [5, 5.41) is 17.4. The van der Waals surface area contributed by atoms with Gasteiger partial charge in [0.1, 0.15) is 12.6 Å².